The predicted molar refractivity (Wildman–Crippen MR) is 106 cm³/mol. The van der Waals surface area contributed by atoms with Crippen molar-refractivity contribution in [1.82, 2.24) is 14.8 Å². The maximum atomic E-state index is 5.34. The fraction of sp³-hybridized carbons (Fsp3) is 0.211. The van der Waals surface area contributed by atoms with E-state index in [0.29, 0.717) is 17.6 Å². The molecule has 1 aromatic heterocycles. The number of hydrogen-bond donors (Lipinski definition) is 2. The molecule has 3 rings (SSSR count). The van der Waals surface area contributed by atoms with Gasteiger partial charge in [0.25, 0.3) is 0 Å². The standard InChI is InChI=1S/C19H21N5S/c1-13-8-9-17(10-15(13)3)21-19(25)22-18-20-12-24(23-18)11-16-7-5-4-6-14(16)2/h4-10,12H,11H2,1-3H3,(H2,21,22,23,25). The summed E-state index contributed by atoms with van der Waals surface area (Å²) in [6.07, 6.45) is 1.70. The van der Waals surface area contributed by atoms with Crippen LogP contribution in [0.25, 0.3) is 0 Å². The van der Waals surface area contributed by atoms with Crippen molar-refractivity contribution in [2.75, 3.05) is 10.6 Å². The van der Waals surface area contributed by atoms with Crippen molar-refractivity contribution in [3.8, 4) is 0 Å². The van der Waals surface area contributed by atoms with Crippen LogP contribution < -0.4 is 10.6 Å². The Labute approximate surface area is 153 Å². The maximum absolute atomic E-state index is 5.34. The number of nitrogens with one attached hydrogen (secondary N) is 2. The predicted octanol–water partition coefficient (Wildman–Crippen LogP) is 4.06. The van der Waals surface area contributed by atoms with Gasteiger partial charge in [-0.15, -0.1) is 5.10 Å². The molecule has 0 saturated carbocycles. The molecule has 0 aliphatic rings. The van der Waals surface area contributed by atoms with Gasteiger partial charge in [-0.3, -0.25) is 5.32 Å². The van der Waals surface area contributed by atoms with Crippen LogP contribution in [0.5, 0.6) is 0 Å². The zero-order valence-electron chi connectivity index (χ0n) is 14.6. The van der Waals surface area contributed by atoms with E-state index in [1.807, 2.05) is 18.2 Å². The van der Waals surface area contributed by atoms with Gasteiger partial charge in [0.15, 0.2) is 5.11 Å². The molecule has 0 spiro atoms. The second-order valence-corrected chi connectivity index (χ2v) is 6.48. The van der Waals surface area contributed by atoms with Crippen molar-refractivity contribution in [1.29, 1.82) is 0 Å². The Hall–Kier alpha value is -2.73. The molecule has 0 aliphatic carbocycles. The van der Waals surface area contributed by atoms with Crippen molar-refractivity contribution in [2.24, 2.45) is 0 Å². The summed E-state index contributed by atoms with van der Waals surface area (Å²) < 4.78 is 1.79. The molecule has 0 radical (unpaired) electrons. The number of nitrogens with zero attached hydrogens (tertiary/aromatic N) is 3. The molecule has 6 heteroatoms. The van der Waals surface area contributed by atoms with Crippen molar-refractivity contribution >= 4 is 29.0 Å². The van der Waals surface area contributed by atoms with Gasteiger partial charge in [-0.25, -0.2) is 9.67 Å². The lowest BCUT2D eigenvalue weighted by Crippen LogP contribution is -2.20. The van der Waals surface area contributed by atoms with Gasteiger partial charge in [-0.05, 0) is 67.4 Å². The number of thiocarbonyl (C=S) groups is 1. The SMILES string of the molecule is Cc1ccc(NC(=S)Nc2ncn(Cc3ccccc3C)n2)cc1C. The zero-order valence-corrected chi connectivity index (χ0v) is 15.4. The molecule has 0 amide bonds. The highest BCUT2D eigenvalue weighted by Gasteiger charge is 2.06. The molecule has 1 heterocycles. The first kappa shape index (κ1) is 17.1. The lowest BCUT2D eigenvalue weighted by Gasteiger charge is -2.09. The van der Waals surface area contributed by atoms with Gasteiger partial charge in [0.05, 0.1) is 6.54 Å². The van der Waals surface area contributed by atoms with Gasteiger partial charge in [-0.2, -0.15) is 0 Å². The molecule has 0 aliphatic heterocycles. The third-order valence-electron chi connectivity index (χ3n) is 4.12. The molecule has 2 aromatic carbocycles. The first-order valence-electron chi connectivity index (χ1n) is 8.10. The summed E-state index contributed by atoms with van der Waals surface area (Å²) in [5, 5.41) is 11.1. The number of hydrogen-bond acceptors (Lipinski definition) is 3. The van der Waals surface area contributed by atoms with E-state index < -0.39 is 0 Å². The number of anilines is 2. The number of benzene rings is 2. The topological polar surface area (TPSA) is 54.8 Å². The highest BCUT2D eigenvalue weighted by Crippen LogP contribution is 2.14. The van der Waals surface area contributed by atoms with E-state index >= 15 is 0 Å². The van der Waals surface area contributed by atoms with Crippen molar-refractivity contribution in [3.05, 3.63) is 71.0 Å². The van der Waals surface area contributed by atoms with Crippen LogP contribution in [0.2, 0.25) is 0 Å². The van der Waals surface area contributed by atoms with Gasteiger partial charge in [0.2, 0.25) is 5.95 Å². The molecular formula is C19H21N5S. The minimum atomic E-state index is 0.469. The Morgan fingerprint density at radius 1 is 1.00 bits per heavy atom. The van der Waals surface area contributed by atoms with Gasteiger partial charge >= 0.3 is 0 Å². The summed E-state index contributed by atoms with van der Waals surface area (Å²) in [7, 11) is 0. The highest BCUT2D eigenvalue weighted by atomic mass is 32.1. The van der Waals surface area contributed by atoms with Crippen molar-refractivity contribution in [3.63, 3.8) is 0 Å². The van der Waals surface area contributed by atoms with Gasteiger partial charge in [-0.1, -0.05) is 30.3 Å². The summed E-state index contributed by atoms with van der Waals surface area (Å²) in [4.78, 5) is 4.27. The van der Waals surface area contributed by atoms with Crippen LogP contribution in [0.15, 0.2) is 48.8 Å². The smallest absolute Gasteiger partial charge is 0.248 e. The van der Waals surface area contributed by atoms with Crippen LogP contribution in [-0.4, -0.2) is 19.9 Å². The highest BCUT2D eigenvalue weighted by molar-refractivity contribution is 7.80. The summed E-state index contributed by atoms with van der Waals surface area (Å²) in [6.45, 7) is 6.93. The lowest BCUT2D eigenvalue weighted by atomic mass is 10.1. The van der Waals surface area contributed by atoms with Gasteiger partial charge in [0.1, 0.15) is 6.33 Å². The minimum absolute atomic E-state index is 0.469. The summed E-state index contributed by atoms with van der Waals surface area (Å²) >= 11 is 5.34. The number of aryl methyl sites for hydroxylation is 3. The minimum Gasteiger partial charge on any atom is -0.332 e. The van der Waals surface area contributed by atoms with Crippen LogP contribution in [0, 0.1) is 20.8 Å². The average Bonchev–Trinajstić information content (AvgIpc) is 3.00. The Balaban J connectivity index is 1.61. The molecule has 128 valence electrons. The summed E-state index contributed by atoms with van der Waals surface area (Å²) in [6, 6.07) is 14.4. The van der Waals surface area contributed by atoms with Crippen molar-refractivity contribution in [2.45, 2.75) is 27.3 Å². The number of aromatic nitrogens is 3. The molecule has 5 nitrogen and oxygen atoms in total. The van der Waals surface area contributed by atoms with E-state index in [9.17, 15) is 0 Å². The first-order chi connectivity index (χ1) is 12.0. The molecular weight excluding hydrogens is 330 g/mol. The van der Waals surface area contributed by atoms with E-state index in [1.54, 1.807) is 11.0 Å². The largest absolute Gasteiger partial charge is 0.332 e. The maximum Gasteiger partial charge on any atom is 0.248 e. The molecule has 0 saturated heterocycles. The number of rotatable bonds is 4. The molecule has 0 bridgehead atoms. The van der Waals surface area contributed by atoms with E-state index in [0.717, 1.165) is 5.69 Å². The van der Waals surface area contributed by atoms with Crippen LogP contribution in [0.3, 0.4) is 0 Å². The Morgan fingerprint density at radius 3 is 2.56 bits per heavy atom. The second kappa shape index (κ2) is 7.44. The van der Waals surface area contributed by atoms with Gasteiger partial charge in [0, 0.05) is 5.69 Å². The fourth-order valence-corrected chi connectivity index (χ4v) is 2.68. The van der Waals surface area contributed by atoms with E-state index in [1.165, 1.54) is 22.3 Å². The summed E-state index contributed by atoms with van der Waals surface area (Å²) in [5.74, 6) is 0.481. The quantitative estimate of drug-likeness (QED) is 0.694. The van der Waals surface area contributed by atoms with Crippen LogP contribution >= 0.6 is 12.2 Å². The van der Waals surface area contributed by atoms with Crippen LogP contribution in [0.1, 0.15) is 22.3 Å². The average molecular weight is 351 g/mol. The fourth-order valence-electron chi connectivity index (χ4n) is 2.47. The first-order valence-corrected chi connectivity index (χ1v) is 8.51. The van der Waals surface area contributed by atoms with E-state index in [2.05, 4.69) is 65.8 Å². The van der Waals surface area contributed by atoms with E-state index in [4.69, 9.17) is 12.2 Å². The second-order valence-electron chi connectivity index (χ2n) is 6.07. The molecule has 0 unspecified atom stereocenters. The molecule has 2 N–H and O–H groups in total. The molecule has 3 aromatic rings. The zero-order chi connectivity index (χ0) is 17.8. The van der Waals surface area contributed by atoms with Crippen LogP contribution in [0.4, 0.5) is 11.6 Å². The Kier molecular flexibility index (Phi) is 5.09. The Morgan fingerprint density at radius 2 is 1.80 bits per heavy atom. The molecule has 25 heavy (non-hydrogen) atoms. The normalized spacial score (nSPS) is 10.5. The Bertz CT molecular complexity index is 900. The summed E-state index contributed by atoms with van der Waals surface area (Å²) in [5.41, 5.74) is 5.86. The van der Waals surface area contributed by atoms with Crippen LogP contribution in [-0.2, 0) is 6.54 Å². The molecule has 0 atom stereocenters. The van der Waals surface area contributed by atoms with E-state index in [-0.39, 0.29) is 0 Å². The van der Waals surface area contributed by atoms with Gasteiger partial charge < -0.3 is 5.32 Å². The lowest BCUT2D eigenvalue weighted by molar-refractivity contribution is 0.684. The monoisotopic (exact) mass is 351 g/mol. The molecule has 0 fully saturated rings. The van der Waals surface area contributed by atoms with Crippen molar-refractivity contribution < 1.29 is 0 Å². The third kappa shape index (κ3) is 4.42. The third-order valence-corrected chi connectivity index (χ3v) is 4.32.